The molecule has 2 aliphatic heterocycles. The Morgan fingerprint density at radius 1 is 1.45 bits per heavy atom. The molecule has 0 spiro atoms. The number of dihydropyridines is 1. The maximum atomic E-state index is 12.7. The Labute approximate surface area is 169 Å². The van der Waals surface area contributed by atoms with Crippen molar-refractivity contribution < 1.29 is 19.2 Å². The third kappa shape index (κ3) is 3.87. The fourth-order valence-corrected chi connectivity index (χ4v) is 3.68. The molecule has 0 aromatic heterocycles. The first-order valence-electron chi connectivity index (χ1n) is 9.45. The first-order valence-corrected chi connectivity index (χ1v) is 9.45. The minimum atomic E-state index is -0.591. The number of hydrogen-bond donors (Lipinski definition) is 1. The van der Waals surface area contributed by atoms with Gasteiger partial charge in [0.15, 0.2) is 0 Å². The minimum absolute atomic E-state index is 0.0464. The number of nitrogens with one attached hydrogen (secondary N) is 1. The van der Waals surface area contributed by atoms with E-state index in [0.717, 1.165) is 5.70 Å². The number of nitrogens with zero attached hydrogens (tertiary/aromatic N) is 2. The molecule has 2 heterocycles. The summed E-state index contributed by atoms with van der Waals surface area (Å²) in [6.07, 6.45) is 0.648. The summed E-state index contributed by atoms with van der Waals surface area (Å²) in [6.45, 7) is 8.13. The van der Waals surface area contributed by atoms with Crippen LogP contribution in [0.2, 0.25) is 0 Å². The molecule has 0 aliphatic carbocycles. The number of nitro groups is 1. The van der Waals surface area contributed by atoms with Gasteiger partial charge in [0.2, 0.25) is 5.90 Å². The fraction of sp³-hybridized carbons (Fsp3) is 0.429. The molecular weight excluding hydrogens is 374 g/mol. The lowest BCUT2D eigenvalue weighted by Crippen LogP contribution is -2.32. The number of aliphatic imine (C=N–C) groups is 1. The molecule has 0 bridgehead atoms. The van der Waals surface area contributed by atoms with E-state index in [-0.39, 0.29) is 5.69 Å². The Morgan fingerprint density at radius 2 is 2.17 bits per heavy atom. The van der Waals surface area contributed by atoms with Crippen molar-refractivity contribution in [2.75, 3.05) is 13.7 Å². The third-order valence-electron chi connectivity index (χ3n) is 5.01. The van der Waals surface area contributed by atoms with E-state index in [2.05, 4.69) is 5.32 Å². The highest BCUT2D eigenvalue weighted by atomic mass is 16.6. The standard InChI is InChI=1S/C21H25N3O5/c1-6-15-18(19-23-21(3,4)11-29-19)17(16(12(2)22-15)20(25)28-5)13-8-7-9-14(10-13)24(26)27/h7-10,17,22H,6,11H2,1-5H3. The fourth-order valence-electron chi connectivity index (χ4n) is 3.68. The Bertz CT molecular complexity index is 959. The summed E-state index contributed by atoms with van der Waals surface area (Å²) in [7, 11) is 1.32. The van der Waals surface area contributed by atoms with Crippen molar-refractivity contribution in [2.24, 2.45) is 4.99 Å². The van der Waals surface area contributed by atoms with E-state index in [1.807, 2.05) is 20.8 Å². The summed E-state index contributed by atoms with van der Waals surface area (Å²) in [6, 6.07) is 6.30. The molecule has 1 atom stereocenters. The van der Waals surface area contributed by atoms with Gasteiger partial charge in [-0.15, -0.1) is 0 Å². The number of rotatable bonds is 5. The topological polar surface area (TPSA) is 103 Å². The number of carbonyl (C=O) groups excluding carboxylic acids is 1. The van der Waals surface area contributed by atoms with Crippen molar-refractivity contribution in [1.29, 1.82) is 0 Å². The van der Waals surface area contributed by atoms with Gasteiger partial charge in [-0.3, -0.25) is 10.1 Å². The smallest absolute Gasteiger partial charge is 0.336 e. The summed E-state index contributed by atoms with van der Waals surface area (Å²) in [5.41, 5.74) is 2.78. The van der Waals surface area contributed by atoms with Gasteiger partial charge >= 0.3 is 5.97 Å². The van der Waals surface area contributed by atoms with Gasteiger partial charge < -0.3 is 14.8 Å². The number of allylic oxidation sites excluding steroid dienone is 2. The largest absolute Gasteiger partial charge is 0.475 e. The van der Waals surface area contributed by atoms with Crippen LogP contribution in [-0.4, -0.2) is 36.0 Å². The Balaban J connectivity index is 2.26. The van der Waals surface area contributed by atoms with Crippen LogP contribution in [0.4, 0.5) is 5.69 Å². The molecule has 1 aromatic carbocycles. The number of non-ortho nitro benzene ring substituents is 1. The van der Waals surface area contributed by atoms with Gasteiger partial charge in [0.25, 0.3) is 5.69 Å². The molecular formula is C21H25N3O5. The number of ether oxygens (including phenoxy) is 2. The van der Waals surface area contributed by atoms with Gasteiger partial charge in [0.1, 0.15) is 6.61 Å². The van der Waals surface area contributed by atoms with Gasteiger partial charge in [-0.25, -0.2) is 9.79 Å². The SMILES string of the molecule is CCC1=C(C2=NC(C)(C)CO2)C(c2cccc([N+](=O)[O-])c2)C(C(=O)OC)=C(C)N1. The van der Waals surface area contributed by atoms with Crippen LogP contribution in [0.3, 0.4) is 0 Å². The second-order valence-electron chi connectivity index (χ2n) is 7.70. The van der Waals surface area contributed by atoms with Crippen LogP contribution in [0.1, 0.15) is 45.6 Å². The lowest BCUT2D eigenvalue weighted by atomic mass is 9.79. The summed E-state index contributed by atoms with van der Waals surface area (Å²) in [5.74, 6) is -0.645. The number of hydrogen-bond acceptors (Lipinski definition) is 7. The van der Waals surface area contributed by atoms with E-state index < -0.39 is 22.3 Å². The second kappa shape index (κ2) is 7.69. The van der Waals surface area contributed by atoms with Crippen molar-refractivity contribution >= 4 is 17.6 Å². The molecule has 1 unspecified atom stereocenters. The van der Waals surface area contributed by atoms with Gasteiger partial charge in [0.05, 0.1) is 29.1 Å². The lowest BCUT2D eigenvalue weighted by molar-refractivity contribution is -0.384. The second-order valence-corrected chi connectivity index (χ2v) is 7.70. The minimum Gasteiger partial charge on any atom is -0.475 e. The molecule has 8 nitrogen and oxygen atoms in total. The van der Waals surface area contributed by atoms with E-state index >= 15 is 0 Å². The predicted molar refractivity (Wildman–Crippen MR) is 108 cm³/mol. The van der Waals surface area contributed by atoms with Gasteiger partial charge in [0, 0.05) is 29.1 Å². The zero-order valence-corrected chi connectivity index (χ0v) is 17.2. The zero-order chi connectivity index (χ0) is 21.3. The van der Waals surface area contributed by atoms with Crippen LogP contribution < -0.4 is 5.32 Å². The molecule has 0 saturated heterocycles. The molecule has 29 heavy (non-hydrogen) atoms. The molecule has 8 heteroatoms. The summed E-state index contributed by atoms with van der Waals surface area (Å²) in [4.78, 5) is 28.3. The van der Waals surface area contributed by atoms with E-state index in [1.165, 1.54) is 19.2 Å². The highest BCUT2D eigenvalue weighted by molar-refractivity contribution is 6.03. The molecule has 3 rings (SSSR count). The summed E-state index contributed by atoms with van der Waals surface area (Å²) in [5, 5.41) is 14.6. The first-order chi connectivity index (χ1) is 13.7. The van der Waals surface area contributed by atoms with Crippen molar-refractivity contribution in [2.45, 2.75) is 45.6 Å². The quantitative estimate of drug-likeness (QED) is 0.461. The maximum Gasteiger partial charge on any atom is 0.336 e. The number of nitro benzene ring substituents is 1. The monoisotopic (exact) mass is 399 g/mol. The van der Waals surface area contributed by atoms with Gasteiger partial charge in [-0.1, -0.05) is 19.1 Å². The highest BCUT2D eigenvalue weighted by Crippen LogP contribution is 2.42. The van der Waals surface area contributed by atoms with Crippen LogP contribution >= 0.6 is 0 Å². The first kappa shape index (κ1) is 20.6. The van der Waals surface area contributed by atoms with Crippen molar-refractivity contribution in [3.8, 4) is 0 Å². The van der Waals surface area contributed by atoms with Crippen LogP contribution in [0, 0.1) is 10.1 Å². The van der Waals surface area contributed by atoms with Crippen LogP contribution in [0.15, 0.2) is 51.8 Å². The molecule has 0 fully saturated rings. The van der Waals surface area contributed by atoms with E-state index in [9.17, 15) is 14.9 Å². The molecule has 0 amide bonds. The molecule has 1 aromatic rings. The Morgan fingerprint density at radius 3 is 2.72 bits per heavy atom. The normalized spacial score (nSPS) is 20.7. The van der Waals surface area contributed by atoms with Crippen LogP contribution in [-0.2, 0) is 14.3 Å². The number of carbonyl (C=O) groups is 1. The third-order valence-corrected chi connectivity index (χ3v) is 5.01. The number of methoxy groups -OCH3 is 1. The predicted octanol–water partition coefficient (Wildman–Crippen LogP) is 3.60. The molecule has 1 N–H and O–H groups in total. The molecule has 0 radical (unpaired) electrons. The van der Waals surface area contributed by atoms with Crippen LogP contribution in [0.25, 0.3) is 0 Å². The van der Waals surface area contributed by atoms with Crippen molar-refractivity contribution in [3.63, 3.8) is 0 Å². The van der Waals surface area contributed by atoms with E-state index in [1.54, 1.807) is 19.1 Å². The summed E-state index contributed by atoms with van der Waals surface area (Å²) < 4.78 is 10.9. The lowest BCUT2D eigenvalue weighted by Gasteiger charge is -2.31. The van der Waals surface area contributed by atoms with Gasteiger partial charge in [-0.2, -0.15) is 0 Å². The van der Waals surface area contributed by atoms with Crippen molar-refractivity contribution in [1.82, 2.24) is 5.32 Å². The average Bonchev–Trinajstić information content (AvgIpc) is 3.05. The zero-order valence-electron chi connectivity index (χ0n) is 17.2. The number of esters is 1. The number of benzene rings is 1. The highest BCUT2D eigenvalue weighted by Gasteiger charge is 2.40. The Hall–Kier alpha value is -3.16. The van der Waals surface area contributed by atoms with Crippen molar-refractivity contribution in [3.05, 3.63) is 62.5 Å². The van der Waals surface area contributed by atoms with Gasteiger partial charge in [-0.05, 0) is 32.8 Å². The average molecular weight is 399 g/mol. The molecule has 154 valence electrons. The van der Waals surface area contributed by atoms with E-state index in [0.29, 0.717) is 41.3 Å². The molecule has 2 aliphatic rings. The summed E-state index contributed by atoms with van der Waals surface area (Å²) >= 11 is 0. The Kier molecular flexibility index (Phi) is 5.46. The van der Waals surface area contributed by atoms with E-state index in [4.69, 9.17) is 14.5 Å². The van der Waals surface area contributed by atoms with Crippen LogP contribution in [0.5, 0.6) is 0 Å². The molecule has 0 saturated carbocycles. The maximum absolute atomic E-state index is 12.7.